The number of hydrazone groups is 1. The van der Waals surface area contributed by atoms with Crippen LogP contribution in [0.1, 0.15) is 22.2 Å². The molecule has 0 bridgehead atoms. The number of fused-ring (bicyclic) bond motifs is 1. The number of nitro groups is 1. The van der Waals surface area contributed by atoms with Gasteiger partial charge in [-0.3, -0.25) is 14.9 Å². The zero-order valence-electron chi connectivity index (χ0n) is 17.5. The molecule has 3 rings (SSSR count). The number of nitrogens with zero attached hydrogens (tertiary/aromatic N) is 2. The van der Waals surface area contributed by atoms with E-state index in [1.165, 1.54) is 36.8 Å². The lowest BCUT2D eigenvalue weighted by atomic mass is 10.2. The van der Waals surface area contributed by atoms with Gasteiger partial charge >= 0.3 is 5.97 Å². The van der Waals surface area contributed by atoms with Crippen molar-refractivity contribution < 1.29 is 28.7 Å². The first-order chi connectivity index (χ1) is 15.8. The average Bonchev–Trinajstić information content (AvgIpc) is 3.21. The summed E-state index contributed by atoms with van der Waals surface area (Å²) < 4.78 is 16.9. The van der Waals surface area contributed by atoms with Crippen LogP contribution in [0.25, 0.3) is 10.1 Å². The number of ether oxygens (including phenoxy) is 3. The predicted octanol–water partition coefficient (Wildman–Crippen LogP) is 4.29. The largest absolute Gasteiger partial charge is 0.493 e. The Labute approximate surface area is 200 Å². The summed E-state index contributed by atoms with van der Waals surface area (Å²) in [5.41, 5.74) is 2.98. The van der Waals surface area contributed by atoms with Crippen LogP contribution in [0.2, 0.25) is 0 Å². The van der Waals surface area contributed by atoms with Crippen LogP contribution in [0.3, 0.4) is 0 Å². The molecule has 1 N–H and O–H groups in total. The third-order valence-electron chi connectivity index (χ3n) is 4.21. The van der Waals surface area contributed by atoms with Gasteiger partial charge in [-0.05, 0) is 52.7 Å². The summed E-state index contributed by atoms with van der Waals surface area (Å²) in [7, 11) is 1.45. The van der Waals surface area contributed by atoms with Gasteiger partial charge in [-0.1, -0.05) is 0 Å². The lowest BCUT2D eigenvalue weighted by molar-refractivity contribution is -0.384. The Morgan fingerprint density at radius 3 is 2.76 bits per heavy atom. The summed E-state index contributed by atoms with van der Waals surface area (Å²) >= 11 is 4.57. The van der Waals surface area contributed by atoms with Crippen molar-refractivity contribution in [3.63, 3.8) is 0 Å². The molecule has 0 aliphatic rings. The number of non-ortho nitro benzene ring substituents is 1. The first kappa shape index (κ1) is 24.1. The van der Waals surface area contributed by atoms with Gasteiger partial charge in [0.1, 0.15) is 0 Å². The van der Waals surface area contributed by atoms with Crippen molar-refractivity contribution in [2.75, 3.05) is 20.3 Å². The van der Waals surface area contributed by atoms with Crippen molar-refractivity contribution in [2.24, 2.45) is 5.10 Å². The first-order valence-electron chi connectivity index (χ1n) is 9.49. The van der Waals surface area contributed by atoms with E-state index in [2.05, 4.69) is 26.5 Å². The molecule has 0 atom stereocenters. The van der Waals surface area contributed by atoms with Crippen LogP contribution in [-0.4, -0.2) is 43.3 Å². The fourth-order valence-electron chi connectivity index (χ4n) is 2.76. The van der Waals surface area contributed by atoms with Gasteiger partial charge in [0.05, 0.1) is 34.2 Å². The second-order valence-electron chi connectivity index (χ2n) is 6.42. The number of esters is 1. The lowest BCUT2D eigenvalue weighted by Crippen LogP contribution is -2.16. The van der Waals surface area contributed by atoms with E-state index in [1.807, 2.05) is 0 Å². The van der Waals surface area contributed by atoms with Gasteiger partial charge in [0.15, 0.2) is 18.1 Å². The van der Waals surface area contributed by atoms with Crippen LogP contribution in [0, 0.1) is 10.1 Å². The molecule has 172 valence electrons. The minimum atomic E-state index is -0.504. The second-order valence-corrected chi connectivity index (χ2v) is 8.35. The van der Waals surface area contributed by atoms with E-state index in [-0.39, 0.29) is 18.9 Å². The van der Waals surface area contributed by atoms with Crippen LogP contribution in [0.4, 0.5) is 5.69 Å². The molecule has 0 radical (unpaired) electrons. The fourth-order valence-corrected chi connectivity index (χ4v) is 4.27. The maximum Gasteiger partial charge on any atom is 0.344 e. The number of amides is 1. The zero-order chi connectivity index (χ0) is 24.0. The van der Waals surface area contributed by atoms with E-state index in [0.29, 0.717) is 31.8 Å². The Morgan fingerprint density at radius 1 is 1.27 bits per heavy atom. The number of carbonyl (C=O) groups is 2. The second kappa shape index (κ2) is 10.9. The van der Waals surface area contributed by atoms with Gasteiger partial charge in [-0.25, -0.2) is 10.2 Å². The van der Waals surface area contributed by atoms with Crippen molar-refractivity contribution in [3.05, 3.63) is 61.4 Å². The molecule has 10 nitrogen and oxygen atoms in total. The molecule has 0 aliphatic carbocycles. The van der Waals surface area contributed by atoms with Crippen LogP contribution >= 0.6 is 27.3 Å². The van der Waals surface area contributed by atoms with Crippen molar-refractivity contribution in [3.8, 4) is 11.5 Å². The summed E-state index contributed by atoms with van der Waals surface area (Å²) in [6, 6.07) is 9.29. The predicted molar refractivity (Wildman–Crippen MR) is 126 cm³/mol. The smallest absolute Gasteiger partial charge is 0.344 e. The number of thiophene rings is 1. The van der Waals surface area contributed by atoms with Gasteiger partial charge in [0, 0.05) is 22.2 Å². The number of hydrogen-bond donors (Lipinski definition) is 1. The average molecular weight is 536 g/mol. The summed E-state index contributed by atoms with van der Waals surface area (Å²) in [5.74, 6) is -0.273. The molecule has 0 aliphatic heterocycles. The number of nitrogens with one attached hydrogen (secondary N) is 1. The molecule has 1 amide bonds. The van der Waals surface area contributed by atoms with E-state index >= 15 is 0 Å². The number of methoxy groups -OCH3 is 1. The van der Waals surface area contributed by atoms with E-state index < -0.39 is 16.8 Å². The molecule has 1 aromatic heterocycles. The lowest BCUT2D eigenvalue weighted by Gasteiger charge is -2.13. The molecule has 1 heterocycles. The molecule has 12 heteroatoms. The Hall–Kier alpha value is -3.51. The van der Waals surface area contributed by atoms with E-state index in [1.54, 1.807) is 31.2 Å². The van der Waals surface area contributed by atoms with E-state index in [9.17, 15) is 19.7 Å². The summed E-state index contributed by atoms with van der Waals surface area (Å²) in [6.07, 6.45) is 1.42. The van der Waals surface area contributed by atoms with Gasteiger partial charge in [-0.15, -0.1) is 11.3 Å². The molecular weight excluding hydrogens is 518 g/mol. The molecule has 0 saturated carbocycles. The first-order valence-corrected chi connectivity index (χ1v) is 11.1. The monoisotopic (exact) mass is 535 g/mol. The summed E-state index contributed by atoms with van der Waals surface area (Å²) in [5, 5.41) is 15.5. The van der Waals surface area contributed by atoms with Crippen LogP contribution < -0.4 is 14.9 Å². The van der Waals surface area contributed by atoms with Gasteiger partial charge < -0.3 is 14.2 Å². The number of halogens is 1. The van der Waals surface area contributed by atoms with Gasteiger partial charge in [0.2, 0.25) is 0 Å². The Balaban J connectivity index is 1.69. The highest BCUT2D eigenvalue weighted by molar-refractivity contribution is 9.10. The summed E-state index contributed by atoms with van der Waals surface area (Å²) in [4.78, 5) is 34.7. The topological polar surface area (TPSA) is 129 Å². The minimum Gasteiger partial charge on any atom is -0.493 e. The summed E-state index contributed by atoms with van der Waals surface area (Å²) in [6.45, 7) is 1.68. The van der Waals surface area contributed by atoms with Crippen LogP contribution in [0.15, 0.2) is 46.0 Å². The third-order valence-corrected chi connectivity index (χ3v) is 5.91. The Kier molecular flexibility index (Phi) is 7.96. The number of nitro benzene ring substituents is 1. The number of benzene rings is 2. The molecule has 0 fully saturated rings. The molecule has 33 heavy (non-hydrogen) atoms. The Morgan fingerprint density at radius 2 is 2.06 bits per heavy atom. The molecule has 2 aromatic carbocycles. The zero-order valence-corrected chi connectivity index (χ0v) is 19.9. The maximum absolute atomic E-state index is 12.4. The Bertz CT molecular complexity index is 1240. The molecule has 3 aromatic rings. The highest BCUT2D eigenvalue weighted by Crippen LogP contribution is 2.36. The maximum atomic E-state index is 12.4. The quantitative estimate of drug-likeness (QED) is 0.187. The molecule has 0 spiro atoms. The van der Waals surface area contributed by atoms with E-state index in [0.717, 1.165) is 4.70 Å². The van der Waals surface area contributed by atoms with Crippen molar-refractivity contribution in [1.82, 2.24) is 5.43 Å². The fraction of sp³-hybridized carbons (Fsp3) is 0.190. The number of carbonyl (C=O) groups excluding carboxylic acids is 2. The van der Waals surface area contributed by atoms with Crippen molar-refractivity contribution in [1.29, 1.82) is 0 Å². The highest BCUT2D eigenvalue weighted by atomic mass is 79.9. The third kappa shape index (κ3) is 6.05. The van der Waals surface area contributed by atoms with Crippen molar-refractivity contribution in [2.45, 2.75) is 6.92 Å². The SMILES string of the molecule is CCOC(=O)COc1c(Br)cc(/C=N\NC(=O)c2cc3cc([N+](=O)[O-])ccc3s2)cc1OC. The van der Waals surface area contributed by atoms with Gasteiger partial charge in [-0.2, -0.15) is 5.10 Å². The normalized spacial score (nSPS) is 10.9. The van der Waals surface area contributed by atoms with E-state index in [4.69, 9.17) is 14.2 Å². The number of rotatable bonds is 9. The molecule has 0 unspecified atom stereocenters. The minimum absolute atomic E-state index is 0.0421. The molecule has 0 saturated heterocycles. The highest BCUT2D eigenvalue weighted by Gasteiger charge is 2.15. The molecular formula is C21H18BrN3O7S. The van der Waals surface area contributed by atoms with Crippen molar-refractivity contribution >= 4 is 61.1 Å². The van der Waals surface area contributed by atoms with Gasteiger partial charge in [0.25, 0.3) is 11.6 Å². The standard InChI is InChI=1S/C21H18BrN3O7S/c1-3-31-19(26)11-32-20-15(22)6-12(7-16(20)30-2)10-23-24-21(27)18-9-13-8-14(25(28)29)4-5-17(13)33-18/h4-10H,3,11H2,1-2H3,(H,24,27)/b23-10-. The van der Waals surface area contributed by atoms with Crippen LogP contribution in [0.5, 0.6) is 11.5 Å². The number of hydrogen-bond acceptors (Lipinski definition) is 9. The van der Waals surface area contributed by atoms with Crippen LogP contribution in [-0.2, 0) is 9.53 Å².